The molecule has 0 aliphatic carbocycles. The number of methoxy groups -OCH3 is 2. The Morgan fingerprint density at radius 2 is 1.79 bits per heavy atom. The van der Waals surface area contributed by atoms with Gasteiger partial charge in [-0.1, -0.05) is 23.4 Å². The second kappa shape index (κ2) is 8.15. The minimum absolute atomic E-state index is 0.312. The molecular formula is C21H17N3O4S. The maximum atomic E-state index is 12.8. The molecule has 0 atom stereocenters. The van der Waals surface area contributed by atoms with Gasteiger partial charge >= 0.3 is 0 Å². The van der Waals surface area contributed by atoms with Crippen molar-refractivity contribution < 1.29 is 18.8 Å². The third kappa shape index (κ3) is 3.97. The lowest BCUT2D eigenvalue weighted by atomic mass is 10.1. The minimum Gasteiger partial charge on any atom is -0.497 e. The highest BCUT2D eigenvalue weighted by molar-refractivity contribution is 7.13. The third-order valence-electron chi connectivity index (χ3n) is 4.19. The van der Waals surface area contributed by atoms with E-state index in [1.54, 1.807) is 24.3 Å². The number of carbonyl (C=O) groups is 1. The van der Waals surface area contributed by atoms with Crippen LogP contribution in [0.5, 0.6) is 11.5 Å². The van der Waals surface area contributed by atoms with Crippen molar-refractivity contribution in [2.45, 2.75) is 0 Å². The van der Waals surface area contributed by atoms with E-state index in [1.807, 2.05) is 35.7 Å². The molecule has 4 aromatic rings. The van der Waals surface area contributed by atoms with E-state index in [4.69, 9.17) is 14.0 Å². The monoisotopic (exact) mass is 407 g/mol. The maximum absolute atomic E-state index is 12.8. The normalized spacial score (nSPS) is 10.6. The van der Waals surface area contributed by atoms with Gasteiger partial charge in [-0.05, 0) is 35.7 Å². The first kappa shape index (κ1) is 18.7. The van der Waals surface area contributed by atoms with Gasteiger partial charge in [-0.2, -0.15) is 4.98 Å². The summed E-state index contributed by atoms with van der Waals surface area (Å²) in [6.45, 7) is 0. The highest BCUT2D eigenvalue weighted by Crippen LogP contribution is 2.30. The molecule has 2 aromatic carbocycles. The first-order chi connectivity index (χ1) is 14.2. The van der Waals surface area contributed by atoms with E-state index in [0.29, 0.717) is 40.0 Å². The fourth-order valence-electron chi connectivity index (χ4n) is 2.75. The highest BCUT2D eigenvalue weighted by Gasteiger charge is 2.17. The molecule has 146 valence electrons. The van der Waals surface area contributed by atoms with E-state index in [-0.39, 0.29) is 5.91 Å². The van der Waals surface area contributed by atoms with Gasteiger partial charge in [-0.3, -0.25) is 4.79 Å². The van der Waals surface area contributed by atoms with Gasteiger partial charge < -0.3 is 19.3 Å². The Morgan fingerprint density at radius 3 is 2.48 bits per heavy atom. The summed E-state index contributed by atoms with van der Waals surface area (Å²) in [7, 11) is 3.07. The van der Waals surface area contributed by atoms with Crippen molar-refractivity contribution in [1.82, 2.24) is 10.1 Å². The fraction of sp³-hybridized carbons (Fsp3) is 0.0952. The van der Waals surface area contributed by atoms with Crippen LogP contribution in [0.25, 0.3) is 22.2 Å². The van der Waals surface area contributed by atoms with Gasteiger partial charge in [-0.25, -0.2) is 0 Å². The summed E-state index contributed by atoms with van der Waals surface area (Å²) in [6, 6.07) is 16.1. The Balaban J connectivity index is 1.63. The number of para-hydroxylation sites is 1. The van der Waals surface area contributed by atoms with Crippen molar-refractivity contribution in [1.29, 1.82) is 0 Å². The number of hydrogen-bond donors (Lipinski definition) is 1. The Labute approximate surface area is 170 Å². The molecule has 4 rings (SSSR count). The van der Waals surface area contributed by atoms with Crippen LogP contribution < -0.4 is 14.8 Å². The van der Waals surface area contributed by atoms with Gasteiger partial charge in [0.25, 0.3) is 11.8 Å². The lowest BCUT2D eigenvalue weighted by molar-refractivity contribution is 0.102. The molecule has 29 heavy (non-hydrogen) atoms. The van der Waals surface area contributed by atoms with Crippen molar-refractivity contribution in [3.05, 3.63) is 65.5 Å². The average molecular weight is 407 g/mol. The molecule has 0 unspecified atom stereocenters. The van der Waals surface area contributed by atoms with Crippen LogP contribution in [0.1, 0.15) is 10.4 Å². The zero-order valence-corrected chi connectivity index (χ0v) is 16.5. The van der Waals surface area contributed by atoms with E-state index < -0.39 is 0 Å². The molecule has 0 saturated carbocycles. The summed E-state index contributed by atoms with van der Waals surface area (Å²) in [6.07, 6.45) is 0. The molecule has 0 saturated heterocycles. The molecule has 0 radical (unpaired) electrons. The molecular weight excluding hydrogens is 390 g/mol. The van der Waals surface area contributed by atoms with Crippen LogP contribution in [0.2, 0.25) is 0 Å². The molecule has 8 heteroatoms. The molecule has 0 aliphatic rings. The van der Waals surface area contributed by atoms with Gasteiger partial charge in [0.1, 0.15) is 11.5 Å². The van der Waals surface area contributed by atoms with Gasteiger partial charge in [0, 0.05) is 11.6 Å². The number of carbonyl (C=O) groups excluding carboxylic acids is 1. The maximum Gasteiger partial charge on any atom is 0.260 e. The summed E-state index contributed by atoms with van der Waals surface area (Å²) in [5.74, 6) is 1.58. The van der Waals surface area contributed by atoms with E-state index >= 15 is 0 Å². The summed E-state index contributed by atoms with van der Waals surface area (Å²) in [5.41, 5.74) is 1.59. The Hall–Kier alpha value is -3.65. The van der Waals surface area contributed by atoms with Crippen molar-refractivity contribution in [2.24, 2.45) is 0 Å². The van der Waals surface area contributed by atoms with E-state index in [0.717, 1.165) is 4.88 Å². The number of nitrogens with zero attached hydrogens (tertiary/aromatic N) is 2. The summed E-state index contributed by atoms with van der Waals surface area (Å²) in [4.78, 5) is 18.2. The number of rotatable bonds is 6. The van der Waals surface area contributed by atoms with E-state index in [9.17, 15) is 4.79 Å². The molecule has 0 aliphatic heterocycles. The van der Waals surface area contributed by atoms with Crippen LogP contribution in [0.4, 0.5) is 5.69 Å². The van der Waals surface area contributed by atoms with Gasteiger partial charge in [-0.15, -0.1) is 11.3 Å². The second-order valence-electron chi connectivity index (χ2n) is 6.00. The molecule has 0 spiro atoms. The van der Waals surface area contributed by atoms with Crippen LogP contribution in [0.3, 0.4) is 0 Å². The number of nitrogens with one attached hydrogen (secondary N) is 1. The molecule has 1 amide bonds. The topological polar surface area (TPSA) is 86.5 Å². The summed E-state index contributed by atoms with van der Waals surface area (Å²) < 4.78 is 15.9. The summed E-state index contributed by atoms with van der Waals surface area (Å²) in [5, 5.41) is 8.88. The van der Waals surface area contributed by atoms with Gasteiger partial charge in [0.05, 0.1) is 30.3 Å². The largest absolute Gasteiger partial charge is 0.497 e. The predicted octanol–water partition coefficient (Wildman–Crippen LogP) is 4.73. The Morgan fingerprint density at radius 1 is 1.03 bits per heavy atom. The van der Waals surface area contributed by atoms with Crippen molar-refractivity contribution in [2.75, 3.05) is 19.5 Å². The minimum atomic E-state index is -0.312. The van der Waals surface area contributed by atoms with Crippen LogP contribution in [0, 0.1) is 0 Å². The van der Waals surface area contributed by atoms with Crippen molar-refractivity contribution >= 4 is 22.9 Å². The fourth-order valence-corrected chi connectivity index (χ4v) is 3.40. The molecule has 2 aromatic heterocycles. The molecule has 7 nitrogen and oxygen atoms in total. The number of aromatic nitrogens is 2. The number of anilines is 1. The lowest BCUT2D eigenvalue weighted by Gasteiger charge is -2.11. The zero-order valence-electron chi connectivity index (χ0n) is 15.7. The average Bonchev–Trinajstić information content (AvgIpc) is 3.45. The van der Waals surface area contributed by atoms with Crippen LogP contribution in [0.15, 0.2) is 64.5 Å². The first-order valence-electron chi connectivity index (χ1n) is 8.69. The van der Waals surface area contributed by atoms with E-state index in [1.165, 1.54) is 25.6 Å². The smallest absolute Gasteiger partial charge is 0.260 e. The van der Waals surface area contributed by atoms with Crippen molar-refractivity contribution in [3.8, 4) is 33.7 Å². The van der Waals surface area contributed by atoms with Crippen molar-refractivity contribution in [3.63, 3.8) is 0 Å². The molecule has 2 heterocycles. The number of hydrogen-bond acceptors (Lipinski definition) is 7. The van der Waals surface area contributed by atoms with Gasteiger partial charge in [0.15, 0.2) is 0 Å². The van der Waals surface area contributed by atoms with Gasteiger partial charge in [0.2, 0.25) is 5.82 Å². The predicted molar refractivity (Wildman–Crippen MR) is 111 cm³/mol. The Bertz CT molecular complexity index is 1120. The SMILES string of the molecule is COc1cc(OC)cc(C(=O)Nc2ccccc2-c2nc(-c3cccs3)no2)c1. The van der Waals surface area contributed by atoms with Crippen LogP contribution in [-0.4, -0.2) is 30.3 Å². The zero-order chi connectivity index (χ0) is 20.2. The lowest BCUT2D eigenvalue weighted by Crippen LogP contribution is -2.13. The Kier molecular flexibility index (Phi) is 5.26. The number of thiophene rings is 1. The van der Waals surface area contributed by atoms with Crippen LogP contribution >= 0.6 is 11.3 Å². The van der Waals surface area contributed by atoms with Crippen LogP contribution in [-0.2, 0) is 0 Å². The first-order valence-corrected chi connectivity index (χ1v) is 9.57. The summed E-state index contributed by atoms with van der Waals surface area (Å²) >= 11 is 1.53. The molecule has 1 N–H and O–H groups in total. The molecule has 0 bridgehead atoms. The quantitative estimate of drug-likeness (QED) is 0.497. The second-order valence-corrected chi connectivity index (χ2v) is 6.95. The standard InChI is InChI=1S/C21H17N3O4S/c1-26-14-10-13(11-15(12-14)27-2)20(25)22-17-7-4-3-6-16(17)21-23-19(24-28-21)18-8-5-9-29-18/h3-12H,1-2H3,(H,22,25). The number of benzene rings is 2. The molecule has 0 fully saturated rings. The third-order valence-corrected chi connectivity index (χ3v) is 5.05. The number of ether oxygens (including phenoxy) is 2. The number of amides is 1. The highest BCUT2D eigenvalue weighted by atomic mass is 32.1. The van der Waals surface area contributed by atoms with E-state index in [2.05, 4.69) is 15.5 Å².